The summed E-state index contributed by atoms with van der Waals surface area (Å²) in [4.78, 5) is 31.2. The molecule has 1 aromatic heterocycles. The predicted octanol–water partition coefficient (Wildman–Crippen LogP) is 4.98. The lowest BCUT2D eigenvalue weighted by Gasteiger charge is -2.22. The topological polar surface area (TPSA) is 93.5 Å². The Balaban J connectivity index is 1.63. The molecule has 200 valence electrons. The average Bonchev–Trinajstić information content (AvgIpc) is 3.28. The lowest BCUT2D eigenvalue weighted by molar-refractivity contribution is -0.139. The normalized spacial score (nSPS) is 14.7. The van der Waals surface area contributed by atoms with Crippen molar-refractivity contribution in [1.29, 1.82) is 0 Å². The Labute approximate surface area is 228 Å². The zero-order valence-electron chi connectivity index (χ0n) is 22.7. The molecule has 5 rings (SSSR count). The lowest BCUT2D eigenvalue weighted by Crippen LogP contribution is -2.42. The first kappa shape index (κ1) is 26.4. The van der Waals surface area contributed by atoms with Crippen molar-refractivity contribution < 1.29 is 19.4 Å². The molecule has 2 heterocycles. The van der Waals surface area contributed by atoms with Crippen LogP contribution in [0.15, 0.2) is 66.7 Å². The van der Waals surface area contributed by atoms with Crippen LogP contribution in [0.2, 0.25) is 0 Å². The van der Waals surface area contributed by atoms with Crippen LogP contribution in [-0.2, 0) is 24.3 Å². The molecule has 7 nitrogen and oxygen atoms in total. The van der Waals surface area contributed by atoms with Gasteiger partial charge in [0.2, 0.25) is 5.78 Å². The Morgan fingerprint density at radius 1 is 1.00 bits per heavy atom. The lowest BCUT2D eigenvalue weighted by atomic mass is 9.86. The number of aliphatic carboxylic acids is 1. The van der Waals surface area contributed by atoms with Crippen LogP contribution >= 0.6 is 0 Å². The third-order valence-electron chi connectivity index (χ3n) is 7.47. The van der Waals surface area contributed by atoms with Gasteiger partial charge in [0.1, 0.15) is 11.8 Å². The standard InChI is InChI=1S/C32H33N3O4/c1-19-5-10-23(11-6-19)29(24-12-7-20(2)8-13-24)30(36)31-34-26-17-33-25(32(37)38)16-27(26)35(31)18-22-9-14-28(39-4)21(3)15-22/h5-15,25,29,33H,16-18H2,1-4H3,(H,37,38). The van der Waals surface area contributed by atoms with E-state index >= 15 is 0 Å². The van der Waals surface area contributed by atoms with Crippen molar-refractivity contribution in [3.05, 3.63) is 117 Å². The van der Waals surface area contributed by atoms with E-state index in [-0.39, 0.29) is 12.2 Å². The molecule has 0 aliphatic carbocycles. The Hall–Kier alpha value is -4.23. The molecule has 2 N–H and O–H groups in total. The number of ketones is 1. The smallest absolute Gasteiger partial charge is 0.321 e. The number of carboxylic acids is 1. The minimum absolute atomic E-state index is 0.116. The molecular formula is C32H33N3O4. The minimum atomic E-state index is -0.918. The summed E-state index contributed by atoms with van der Waals surface area (Å²) in [6, 6.07) is 21.2. The van der Waals surface area contributed by atoms with E-state index in [1.54, 1.807) is 7.11 Å². The Morgan fingerprint density at radius 2 is 1.62 bits per heavy atom. The molecule has 0 bridgehead atoms. The van der Waals surface area contributed by atoms with Gasteiger partial charge in [0.15, 0.2) is 5.82 Å². The van der Waals surface area contributed by atoms with Crippen molar-refractivity contribution in [3.8, 4) is 5.75 Å². The van der Waals surface area contributed by atoms with Gasteiger partial charge in [0.25, 0.3) is 0 Å². The molecule has 1 atom stereocenters. The first-order valence-corrected chi connectivity index (χ1v) is 13.1. The number of hydrogen-bond donors (Lipinski definition) is 2. The van der Waals surface area contributed by atoms with E-state index in [9.17, 15) is 14.7 Å². The quantitative estimate of drug-likeness (QED) is 0.317. The monoisotopic (exact) mass is 523 g/mol. The maximum Gasteiger partial charge on any atom is 0.321 e. The number of hydrogen-bond acceptors (Lipinski definition) is 5. The maximum atomic E-state index is 14.5. The summed E-state index contributed by atoms with van der Waals surface area (Å²) in [7, 11) is 1.64. The van der Waals surface area contributed by atoms with Gasteiger partial charge in [-0.1, -0.05) is 71.8 Å². The van der Waals surface area contributed by atoms with E-state index in [4.69, 9.17) is 9.72 Å². The molecule has 4 aromatic rings. The molecule has 0 saturated heterocycles. The van der Waals surface area contributed by atoms with Crippen LogP contribution in [0.3, 0.4) is 0 Å². The van der Waals surface area contributed by atoms with Crippen molar-refractivity contribution in [2.75, 3.05) is 7.11 Å². The number of aromatic nitrogens is 2. The zero-order valence-corrected chi connectivity index (χ0v) is 22.7. The van der Waals surface area contributed by atoms with E-state index < -0.39 is 17.9 Å². The average molecular weight is 524 g/mol. The summed E-state index contributed by atoms with van der Waals surface area (Å²) >= 11 is 0. The molecule has 7 heteroatoms. The highest BCUT2D eigenvalue weighted by Crippen LogP contribution is 2.31. The fourth-order valence-corrected chi connectivity index (χ4v) is 5.29. The highest BCUT2D eigenvalue weighted by molar-refractivity contribution is 6.01. The summed E-state index contributed by atoms with van der Waals surface area (Å²) in [5, 5.41) is 12.8. The number of nitrogens with one attached hydrogen (secondary N) is 1. The SMILES string of the molecule is COc1ccc(Cn2c(C(=O)C(c3ccc(C)cc3)c3ccc(C)cc3)nc3c2CC(C(=O)O)NC3)cc1C. The van der Waals surface area contributed by atoms with Crippen LogP contribution in [0, 0.1) is 20.8 Å². The number of Topliss-reactive ketones (excluding diaryl/α,β-unsaturated/α-hetero) is 1. The summed E-state index contributed by atoms with van der Waals surface area (Å²) in [5.74, 6) is -0.452. The molecule has 0 saturated carbocycles. The first-order chi connectivity index (χ1) is 18.7. The Bertz CT molecular complexity index is 1480. The van der Waals surface area contributed by atoms with Crippen molar-refractivity contribution in [3.63, 3.8) is 0 Å². The maximum absolute atomic E-state index is 14.5. The molecule has 0 radical (unpaired) electrons. The van der Waals surface area contributed by atoms with Gasteiger partial charge in [-0.2, -0.15) is 0 Å². The minimum Gasteiger partial charge on any atom is -0.496 e. The number of aryl methyl sites for hydroxylation is 3. The molecule has 1 aliphatic rings. The van der Waals surface area contributed by atoms with E-state index in [1.165, 1.54) is 0 Å². The van der Waals surface area contributed by atoms with Crippen molar-refractivity contribution >= 4 is 11.8 Å². The van der Waals surface area contributed by atoms with Crippen molar-refractivity contribution in [2.45, 2.75) is 52.2 Å². The third-order valence-corrected chi connectivity index (χ3v) is 7.47. The van der Waals surface area contributed by atoms with Gasteiger partial charge in [-0.15, -0.1) is 0 Å². The van der Waals surface area contributed by atoms with Crippen LogP contribution in [0.4, 0.5) is 0 Å². The molecule has 1 unspecified atom stereocenters. The summed E-state index contributed by atoms with van der Waals surface area (Å²) in [6.45, 7) is 6.72. The summed E-state index contributed by atoms with van der Waals surface area (Å²) in [6.07, 6.45) is 0.250. The number of carbonyl (C=O) groups excluding carboxylic acids is 1. The molecule has 0 spiro atoms. The Kier molecular flexibility index (Phi) is 7.35. The number of imidazole rings is 1. The number of fused-ring (bicyclic) bond motifs is 1. The third kappa shape index (κ3) is 5.36. The van der Waals surface area contributed by atoms with Gasteiger partial charge >= 0.3 is 5.97 Å². The van der Waals surface area contributed by atoms with E-state index in [0.29, 0.717) is 24.6 Å². The van der Waals surface area contributed by atoms with Gasteiger partial charge in [-0.3, -0.25) is 14.9 Å². The summed E-state index contributed by atoms with van der Waals surface area (Å²) in [5.41, 5.74) is 7.48. The Morgan fingerprint density at radius 3 is 2.15 bits per heavy atom. The second-order valence-corrected chi connectivity index (χ2v) is 10.3. The molecule has 0 amide bonds. The van der Waals surface area contributed by atoms with Crippen LogP contribution in [0.25, 0.3) is 0 Å². The molecular weight excluding hydrogens is 490 g/mol. The fraction of sp³-hybridized carbons (Fsp3) is 0.281. The molecule has 0 fully saturated rings. The van der Waals surface area contributed by atoms with Crippen LogP contribution in [-0.4, -0.2) is 39.6 Å². The van der Waals surface area contributed by atoms with Gasteiger partial charge < -0.3 is 14.4 Å². The molecule has 3 aromatic carbocycles. The van der Waals surface area contributed by atoms with E-state index in [1.807, 2.05) is 92.1 Å². The zero-order chi connectivity index (χ0) is 27.7. The van der Waals surface area contributed by atoms with E-state index in [2.05, 4.69) is 5.32 Å². The number of nitrogens with zero attached hydrogens (tertiary/aromatic N) is 2. The predicted molar refractivity (Wildman–Crippen MR) is 150 cm³/mol. The van der Waals surface area contributed by atoms with Crippen LogP contribution in [0.1, 0.15) is 61.3 Å². The highest BCUT2D eigenvalue weighted by Gasteiger charge is 2.34. The number of benzene rings is 3. The number of carboxylic acid groups (broad SMARTS) is 1. The van der Waals surface area contributed by atoms with Gasteiger partial charge in [-0.05, 0) is 49.1 Å². The first-order valence-electron chi connectivity index (χ1n) is 13.1. The number of ether oxygens (including phenoxy) is 1. The molecule has 39 heavy (non-hydrogen) atoms. The second-order valence-electron chi connectivity index (χ2n) is 10.3. The van der Waals surface area contributed by atoms with Crippen molar-refractivity contribution in [2.24, 2.45) is 0 Å². The fourth-order valence-electron chi connectivity index (χ4n) is 5.29. The number of rotatable bonds is 8. The van der Waals surface area contributed by atoms with Gasteiger partial charge in [0, 0.05) is 25.2 Å². The second kappa shape index (κ2) is 10.9. The largest absolute Gasteiger partial charge is 0.496 e. The highest BCUT2D eigenvalue weighted by atomic mass is 16.5. The molecule has 1 aliphatic heterocycles. The van der Waals surface area contributed by atoms with Crippen LogP contribution < -0.4 is 10.1 Å². The van der Waals surface area contributed by atoms with Gasteiger partial charge in [0.05, 0.1) is 18.7 Å². The number of methoxy groups -OCH3 is 1. The van der Waals surface area contributed by atoms with E-state index in [0.717, 1.165) is 44.8 Å². The van der Waals surface area contributed by atoms with Gasteiger partial charge in [-0.25, -0.2) is 4.98 Å². The van der Waals surface area contributed by atoms with Crippen LogP contribution in [0.5, 0.6) is 5.75 Å². The van der Waals surface area contributed by atoms with Crippen molar-refractivity contribution in [1.82, 2.24) is 14.9 Å². The number of carbonyl (C=O) groups is 2. The summed E-state index contributed by atoms with van der Waals surface area (Å²) < 4.78 is 7.35.